The highest BCUT2D eigenvalue weighted by Crippen LogP contribution is 2.35. The van der Waals surface area contributed by atoms with Gasteiger partial charge in [-0.1, -0.05) is 49.2 Å². The van der Waals surface area contributed by atoms with Gasteiger partial charge in [-0.3, -0.25) is 0 Å². The normalized spacial score (nSPS) is 15.6. The molecule has 1 aliphatic heterocycles. The van der Waals surface area contributed by atoms with Crippen molar-refractivity contribution < 1.29 is 23.8 Å². The number of amides is 2. The Kier molecular flexibility index (Phi) is 7.76. The van der Waals surface area contributed by atoms with E-state index in [9.17, 15) is 9.59 Å². The van der Waals surface area contributed by atoms with E-state index in [-0.39, 0.29) is 6.03 Å². The van der Waals surface area contributed by atoms with E-state index in [0.29, 0.717) is 41.4 Å². The van der Waals surface area contributed by atoms with Crippen LogP contribution in [0.15, 0.2) is 53.7 Å². The van der Waals surface area contributed by atoms with Crippen LogP contribution in [0.3, 0.4) is 0 Å². The third-order valence-corrected chi connectivity index (χ3v) is 5.38. The van der Waals surface area contributed by atoms with Crippen molar-refractivity contribution in [2.45, 2.75) is 45.8 Å². The molecule has 0 aliphatic carbocycles. The summed E-state index contributed by atoms with van der Waals surface area (Å²) >= 11 is 0. The molecule has 1 atom stereocenters. The first-order chi connectivity index (χ1) is 15.5. The van der Waals surface area contributed by atoms with Gasteiger partial charge in [0.05, 0.1) is 25.8 Å². The summed E-state index contributed by atoms with van der Waals surface area (Å²) in [5.74, 6) is 0.612. The van der Waals surface area contributed by atoms with Crippen molar-refractivity contribution in [1.82, 2.24) is 10.6 Å². The van der Waals surface area contributed by atoms with Gasteiger partial charge in [-0.15, -0.1) is 0 Å². The fourth-order valence-corrected chi connectivity index (χ4v) is 3.60. The second-order valence-electron chi connectivity index (χ2n) is 7.70. The number of ether oxygens (including phenoxy) is 3. The number of allylic oxidation sites excluding steroid dienone is 1. The summed E-state index contributed by atoms with van der Waals surface area (Å²) in [4.78, 5) is 24.9. The first-order valence-electron chi connectivity index (χ1n) is 10.7. The Morgan fingerprint density at radius 2 is 1.81 bits per heavy atom. The topological polar surface area (TPSA) is 85.9 Å². The second-order valence-corrected chi connectivity index (χ2v) is 7.70. The maximum absolute atomic E-state index is 12.6. The van der Waals surface area contributed by atoms with Crippen molar-refractivity contribution in [2.75, 3.05) is 14.2 Å². The smallest absolute Gasteiger partial charge is 0.337 e. The zero-order chi connectivity index (χ0) is 23.1. The summed E-state index contributed by atoms with van der Waals surface area (Å²) in [6, 6.07) is 12.5. The lowest BCUT2D eigenvalue weighted by Crippen LogP contribution is -2.45. The largest absolute Gasteiger partial charge is 0.493 e. The summed E-state index contributed by atoms with van der Waals surface area (Å²) in [5, 5.41) is 5.60. The molecule has 170 valence electrons. The highest BCUT2D eigenvalue weighted by Gasteiger charge is 2.33. The maximum Gasteiger partial charge on any atom is 0.337 e. The first kappa shape index (κ1) is 23.2. The Labute approximate surface area is 188 Å². The van der Waals surface area contributed by atoms with Crippen LogP contribution in [0.2, 0.25) is 0 Å². The molecule has 1 aliphatic rings. The van der Waals surface area contributed by atoms with Crippen molar-refractivity contribution >= 4 is 12.0 Å². The number of hydrogen-bond donors (Lipinski definition) is 2. The number of hydrogen-bond acceptors (Lipinski definition) is 5. The van der Waals surface area contributed by atoms with E-state index in [1.807, 2.05) is 37.3 Å². The van der Waals surface area contributed by atoms with E-state index in [1.54, 1.807) is 19.2 Å². The molecule has 2 N–H and O–H groups in total. The highest BCUT2D eigenvalue weighted by molar-refractivity contribution is 5.95. The van der Waals surface area contributed by atoms with Crippen molar-refractivity contribution in [1.29, 1.82) is 0 Å². The molecule has 0 bridgehead atoms. The van der Waals surface area contributed by atoms with E-state index in [0.717, 1.165) is 18.4 Å². The number of aryl methyl sites for hydroxylation is 1. The van der Waals surface area contributed by atoms with Gasteiger partial charge in [0.25, 0.3) is 0 Å². The molecule has 0 saturated carbocycles. The lowest BCUT2D eigenvalue weighted by Gasteiger charge is -2.29. The molecule has 2 aromatic rings. The first-order valence-corrected chi connectivity index (χ1v) is 10.7. The van der Waals surface area contributed by atoms with Gasteiger partial charge in [0.15, 0.2) is 11.5 Å². The molecule has 32 heavy (non-hydrogen) atoms. The van der Waals surface area contributed by atoms with E-state index < -0.39 is 12.0 Å². The lowest BCUT2D eigenvalue weighted by atomic mass is 9.93. The van der Waals surface area contributed by atoms with E-state index >= 15 is 0 Å². The molecule has 1 unspecified atom stereocenters. The number of benzene rings is 2. The minimum atomic E-state index is -0.650. The van der Waals surface area contributed by atoms with Crippen molar-refractivity contribution in [2.24, 2.45) is 0 Å². The number of carbonyl (C=O) groups is 2. The number of urea groups is 1. The average Bonchev–Trinajstić information content (AvgIpc) is 2.81. The van der Waals surface area contributed by atoms with Gasteiger partial charge < -0.3 is 24.8 Å². The Morgan fingerprint density at radius 3 is 2.47 bits per heavy atom. The van der Waals surface area contributed by atoms with Gasteiger partial charge in [-0.05, 0) is 43.0 Å². The molecule has 3 rings (SSSR count). The summed E-state index contributed by atoms with van der Waals surface area (Å²) < 4.78 is 16.5. The maximum atomic E-state index is 12.6. The standard InChI is InChI=1S/C25H30N2O5/c1-5-6-7-19-22(24(28)31-4)23(27-25(29)26-19)18-12-13-20(21(14-18)30-3)32-15-17-10-8-16(2)9-11-17/h8-14,23H,5-7,15H2,1-4H3,(H2,26,27,29). The summed E-state index contributed by atoms with van der Waals surface area (Å²) in [6.45, 7) is 4.49. The number of rotatable bonds is 9. The van der Waals surface area contributed by atoms with E-state index in [4.69, 9.17) is 14.2 Å². The molecule has 0 radical (unpaired) electrons. The minimum absolute atomic E-state index is 0.354. The Morgan fingerprint density at radius 1 is 1.06 bits per heavy atom. The molecular formula is C25H30N2O5. The third kappa shape index (κ3) is 5.41. The van der Waals surface area contributed by atoms with Crippen molar-refractivity contribution in [3.8, 4) is 11.5 Å². The summed E-state index contributed by atoms with van der Waals surface area (Å²) in [7, 11) is 2.89. The fourth-order valence-electron chi connectivity index (χ4n) is 3.60. The number of esters is 1. The molecule has 0 spiro atoms. The van der Waals surface area contributed by atoms with Gasteiger partial charge in [0.2, 0.25) is 0 Å². The van der Waals surface area contributed by atoms with Gasteiger partial charge >= 0.3 is 12.0 Å². The molecule has 0 saturated heterocycles. The monoisotopic (exact) mass is 438 g/mol. The minimum Gasteiger partial charge on any atom is -0.493 e. The molecule has 1 heterocycles. The van der Waals surface area contributed by atoms with E-state index in [2.05, 4.69) is 17.6 Å². The Hall–Kier alpha value is -3.48. The van der Waals surface area contributed by atoms with Gasteiger partial charge in [-0.25, -0.2) is 9.59 Å². The van der Waals surface area contributed by atoms with Crippen molar-refractivity contribution in [3.05, 3.63) is 70.4 Å². The van der Waals surface area contributed by atoms with Crippen LogP contribution >= 0.6 is 0 Å². The van der Waals surface area contributed by atoms with Crippen LogP contribution < -0.4 is 20.1 Å². The predicted molar refractivity (Wildman–Crippen MR) is 121 cm³/mol. The van der Waals surface area contributed by atoms with Crippen LogP contribution in [-0.4, -0.2) is 26.2 Å². The molecule has 2 amide bonds. The van der Waals surface area contributed by atoms with E-state index in [1.165, 1.54) is 12.7 Å². The van der Waals surface area contributed by atoms with Gasteiger partial charge in [0, 0.05) is 5.70 Å². The molecule has 2 aromatic carbocycles. The molecule has 7 heteroatoms. The average molecular weight is 439 g/mol. The third-order valence-electron chi connectivity index (χ3n) is 5.38. The second kappa shape index (κ2) is 10.7. The number of methoxy groups -OCH3 is 2. The SMILES string of the molecule is CCCCC1=C(C(=O)OC)C(c2ccc(OCc3ccc(C)cc3)c(OC)c2)NC(=O)N1. The highest BCUT2D eigenvalue weighted by atomic mass is 16.5. The van der Waals surface area contributed by atoms with Crippen LogP contribution in [0.1, 0.15) is 48.9 Å². The number of nitrogens with one attached hydrogen (secondary N) is 2. The quantitative estimate of drug-likeness (QED) is 0.561. The van der Waals surface area contributed by atoms with Crippen LogP contribution in [0.5, 0.6) is 11.5 Å². The van der Waals surface area contributed by atoms with Crippen LogP contribution in [-0.2, 0) is 16.1 Å². The molecule has 0 fully saturated rings. The summed E-state index contributed by atoms with van der Waals surface area (Å²) in [6.07, 6.45) is 2.37. The van der Waals surface area contributed by atoms with Crippen LogP contribution in [0, 0.1) is 6.92 Å². The molecular weight excluding hydrogens is 408 g/mol. The predicted octanol–water partition coefficient (Wildman–Crippen LogP) is 4.55. The molecule has 7 nitrogen and oxygen atoms in total. The fraction of sp³-hybridized carbons (Fsp3) is 0.360. The zero-order valence-electron chi connectivity index (χ0n) is 19.0. The Bertz CT molecular complexity index is 998. The van der Waals surface area contributed by atoms with Crippen molar-refractivity contribution in [3.63, 3.8) is 0 Å². The van der Waals surface area contributed by atoms with Crippen LogP contribution in [0.4, 0.5) is 4.79 Å². The lowest BCUT2D eigenvalue weighted by molar-refractivity contribution is -0.136. The zero-order valence-corrected chi connectivity index (χ0v) is 19.0. The number of unbranched alkanes of at least 4 members (excludes halogenated alkanes) is 1. The summed E-state index contributed by atoms with van der Waals surface area (Å²) in [5.41, 5.74) is 3.92. The van der Waals surface area contributed by atoms with Gasteiger partial charge in [0.1, 0.15) is 6.61 Å². The Balaban J connectivity index is 1.90. The van der Waals surface area contributed by atoms with Gasteiger partial charge in [-0.2, -0.15) is 0 Å². The number of carbonyl (C=O) groups excluding carboxylic acids is 2. The van der Waals surface area contributed by atoms with Crippen LogP contribution in [0.25, 0.3) is 0 Å². The molecule has 0 aromatic heterocycles.